The molecule has 2 rings (SSSR count). The van der Waals surface area contributed by atoms with Gasteiger partial charge in [0.05, 0.1) is 21.1 Å². The number of hydrogen-bond donors (Lipinski definition) is 2. The van der Waals surface area contributed by atoms with Crippen molar-refractivity contribution in [2.24, 2.45) is 5.84 Å². The van der Waals surface area contributed by atoms with E-state index in [1.807, 2.05) is 30.3 Å². The molecule has 2 aromatic carbocycles. The zero-order valence-electron chi connectivity index (χ0n) is 10.3. The number of halogens is 4. The van der Waals surface area contributed by atoms with Crippen molar-refractivity contribution < 1.29 is 0 Å². The van der Waals surface area contributed by atoms with E-state index in [0.717, 1.165) is 15.6 Å². The fraction of sp³-hybridized carbons (Fsp3) is 0.143. The number of benzene rings is 2. The molecule has 0 aliphatic carbocycles. The minimum absolute atomic E-state index is 0.100. The third-order valence-electron chi connectivity index (χ3n) is 3.00. The van der Waals surface area contributed by atoms with Crippen molar-refractivity contribution in [1.29, 1.82) is 0 Å². The van der Waals surface area contributed by atoms with Gasteiger partial charge in [-0.1, -0.05) is 53.0 Å². The van der Waals surface area contributed by atoms with Gasteiger partial charge in [0.25, 0.3) is 0 Å². The second-order valence-corrected chi connectivity index (χ2v) is 6.36. The molecule has 0 bridgehead atoms. The fourth-order valence-electron chi connectivity index (χ4n) is 1.93. The maximum absolute atomic E-state index is 6.20. The molecule has 0 aliphatic rings. The molecule has 6 heteroatoms. The summed E-state index contributed by atoms with van der Waals surface area (Å²) >= 11 is 21.7. The standard InChI is InChI=1S/C14H12BrCl3N2/c15-10-5-4-8(6-12(10)17)13(20-19)7-9-2-1-3-11(16)14(9)18/h1-6,13,20H,7,19H2. The average Bonchev–Trinajstić information content (AvgIpc) is 2.44. The highest BCUT2D eigenvalue weighted by Crippen LogP contribution is 2.31. The first kappa shape index (κ1) is 16.1. The summed E-state index contributed by atoms with van der Waals surface area (Å²) in [4.78, 5) is 0. The Balaban J connectivity index is 2.28. The number of nitrogens with one attached hydrogen (secondary N) is 1. The number of nitrogens with two attached hydrogens (primary N) is 1. The van der Waals surface area contributed by atoms with Crippen LogP contribution in [-0.2, 0) is 6.42 Å². The van der Waals surface area contributed by atoms with E-state index in [1.165, 1.54) is 0 Å². The van der Waals surface area contributed by atoms with Crippen molar-refractivity contribution in [3.63, 3.8) is 0 Å². The molecule has 20 heavy (non-hydrogen) atoms. The molecule has 0 amide bonds. The van der Waals surface area contributed by atoms with Crippen LogP contribution in [-0.4, -0.2) is 0 Å². The predicted octanol–water partition coefficient (Wildman–Crippen LogP) is 5.16. The van der Waals surface area contributed by atoms with Gasteiger partial charge in [0.2, 0.25) is 0 Å². The van der Waals surface area contributed by atoms with Crippen LogP contribution in [0.4, 0.5) is 0 Å². The summed E-state index contributed by atoms with van der Waals surface area (Å²) in [5, 5.41) is 1.73. The van der Waals surface area contributed by atoms with Gasteiger partial charge in [-0.2, -0.15) is 0 Å². The van der Waals surface area contributed by atoms with Crippen LogP contribution in [0.3, 0.4) is 0 Å². The molecule has 2 nitrogen and oxygen atoms in total. The molecular formula is C14H12BrCl3N2. The molecule has 0 spiro atoms. The van der Waals surface area contributed by atoms with E-state index in [1.54, 1.807) is 6.07 Å². The minimum Gasteiger partial charge on any atom is -0.271 e. The second-order valence-electron chi connectivity index (χ2n) is 4.31. The van der Waals surface area contributed by atoms with E-state index in [9.17, 15) is 0 Å². The Morgan fingerprint density at radius 3 is 2.50 bits per heavy atom. The third kappa shape index (κ3) is 3.67. The van der Waals surface area contributed by atoms with Crippen molar-refractivity contribution in [2.45, 2.75) is 12.5 Å². The smallest absolute Gasteiger partial charge is 0.0624 e. The predicted molar refractivity (Wildman–Crippen MR) is 89.4 cm³/mol. The first-order valence-corrected chi connectivity index (χ1v) is 7.79. The number of hydrogen-bond acceptors (Lipinski definition) is 2. The fourth-order valence-corrected chi connectivity index (χ4v) is 2.76. The molecule has 0 aliphatic heterocycles. The van der Waals surface area contributed by atoms with E-state index >= 15 is 0 Å². The molecule has 2 aromatic rings. The van der Waals surface area contributed by atoms with Gasteiger partial charge in [0, 0.05) is 4.47 Å². The van der Waals surface area contributed by atoms with Crippen LogP contribution in [0.15, 0.2) is 40.9 Å². The molecule has 0 saturated carbocycles. The molecular weight excluding hydrogens is 382 g/mol. The lowest BCUT2D eigenvalue weighted by atomic mass is 9.99. The Morgan fingerprint density at radius 1 is 1.10 bits per heavy atom. The molecule has 0 radical (unpaired) electrons. The monoisotopic (exact) mass is 392 g/mol. The van der Waals surface area contributed by atoms with Crippen LogP contribution in [0, 0.1) is 0 Å². The molecule has 3 N–H and O–H groups in total. The quantitative estimate of drug-likeness (QED) is 0.555. The second kappa shape index (κ2) is 7.12. The van der Waals surface area contributed by atoms with Crippen LogP contribution >= 0.6 is 50.7 Å². The van der Waals surface area contributed by atoms with Crippen LogP contribution in [0.2, 0.25) is 15.1 Å². The Hall–Kier alpha value is -0.290. The molecule has 0 heterocycles. The summed E-state index contributed by atoms with van der Waals surface area (Å²) in [6, 6.07) is 11.2. The zero-order valence-corrected chi connectivity index (χ0v) is 14.2. The molecule has 0 aromatic heterocycles. The Bertz CT molecular complexity index is 619. The van der Waals surface area contributed by atoms with Crippen LogP contribution in [0.25, 0.3) is 0 Å². The van der Waals surface area contributed by atoms with Gasteiger partial charge in [0.1, 0.15) is 0 Å². The van der Waals surface area contributed by atoms with Gasteiger partial charge in [-0.05, 0) is 51.7 Å². The maximum atomic E-state index is 6.20. The minimum atomic E-state index is -0.100. The first-order valence-electron chi connectivity index (χ1n) is 5.87. The summed E-state index contributed by atoms with van der Waals surface area (Å²) in [5.41, 5.74) is 4.70. The zero-order chi connectivity index (χ0) is 14.7. The third-order valence-corrected chi connectivity index (χ3v) is 5.09. The Kier molecular flexibility index (Phi) is 5.73. The van der Waals surface area contributed by atoms with Gasteiger partial charge < -0.3 is 0 Å². The normalized spacial score (nSPS) is 12.4. The van der Waals surface area contributed by atoms with Gasteiger partial charge in [-0.25, -0.2) is 0 Å². The van der Waals surface area contributed by atoms with Crippen LogP contribution < -0.4 is 11.3 Å². The van der Waals surface area contributed by atoms with Crippen LogP contribution in [0.1, 0.15) is 17.2 Å². The van der Waals surface area contributed by atoms with Gasteiger partial charge in [0.15, 0.2) is 0 Å². The van der Waals surface area contributed by atoms with Crippen molar-refractivity contribution in [2.75, 3.05) is 0 Å². The van der Waals surface area contributed by atoms with E-state index in [-0.39, 0.29) is 6.04 Å². The summed E-state index contributed by atoms with van der Waals surface area (Å²) in [6.45, 7) is 0. The summed E-state index contributed by atoms with van der Waals surface area (Å²) in [5.74, 6) is 5.65. The largest absolute Gasteiger partial charge is 0.271 e. The highest BCUT2D eigenvalue weighted by molar-refractivity contribution is 9.10. The number of hydrazine groups is 1. The molecule has 1 unspecified atom stereocenters. The molecule has 0 fully saturated rings. The lowest BCUT2D eigenvalue weighted by molar-refractivity contribution is 0.552. The van der Waals surface area contributed by atoms with Crippen LogP contribution in [0.5, 0.6) is 0 Å². The van der Waals surface area contributed by atoms with E-state index < -0.39 is 0 Å². The molecule has 106 valence electrons. The Labute approximate surface area is 141 Å². The molecule has 0 saturated heterocycles. The van der Waals surface area contributed by atoms with E-state index in [0.29, 0.717) is 21.5 Å². The number of rotatable bonds is 4. The lowest BCUT2D eigenvalue weighted by Crippen LogP contribution is -2.29. The van der Waals surface area contributed by atoms with Gasteiger partial charge in [-0.3, -0.25) is 11.3 Å². The van der Waals surface area contributed by atoms with E-state index in [4.69, 9.17) is 40.6 Å². The molecule has 1 atom stereocenters. The van der Waals surface area contributed by atoms with Gasteiger partial charge >= 0.3 is 0 Å². The highest BCUT2D eigenvalue weighted by Gasteiger charge is 2.14. The topological polar surface area (TPSA) is 38.0 Å². The SMILES string of the molecule is NNC(Cc1cccc(Cl)c1Cl)c1ccc(Br)c(Cl)c1. The van der Waals surface area contributed by atoms with E-state index in [2.05, 4.69) is 21.4 Å². The maximum Gasteiger partial charge on any atom is 0.0624 e. The van der Waals surface area contributed by atoms with Gasteiger partial charge in [-0.15, -0.1) is 0 Å². The first-order chi connectivity index (χ1) is 9.52. The summed E-state index contributed by atoms with van der Waals surface area (Å²) in [6.07, 6.45) is 0.619. The van der Waals surface area contributed by atoms with Crippen molar-refractivity contribution in [3.05, 3.63) is 67.1 Å². The van der Waals surface area contributed by atoms with Crippen molar-refractivity contribution in [3.8, 4) is 0 Å². The van der Waals surface area contributed by atoms with Crippen molar-refractivity contribution in [1.82, 2.24) is 5.43 Å². The summed E-state index contributed by atoms with van der Waals surface area (Å²) in [7, 11) is 0. The van der Waals surface area contributed by atoms with Crippen molar-refractivity contribution >= 4 is 50.7 Å². The lowest BCUT2D eigenvalue weighted by Gasteiger charge is -2.18. The average molecular weight is 395 g/mol. The highest BCUT2D eigenvalue weighted by atomic mass is 79.9. The summed E-state index contributed by atoms with van der Waals surface area (Å²) < 4.78 is 0.847. The Morgan fingerprint density at radius 2 is 1.85 bits per heavy atom.